The van der Waals surface area contributed by atoms with Gasteiger partial charge in [0.15, 0.2) is 10.3 Å². The Morgan fingerprint density at radius 3 is 2.39 bits per heavy atom. The number of aromatic nitrogens is 4. The van der Waals surface area contributed by atoms with Gasteiger partial charge in [0.25, 0.3) is 0 Å². The quantitative estimate of drug-likeness (QED) is 0.824. The summed E-state index contributed by atoms with van der Waals surface area (Å²) in [5.74, 6) is 0. The van der Waals surface area contributed by atoms with Gasteiger partial charge in [0.1, 0.15) is 0 Å². The second-order valence-corrected chi connectivity index (χ2v) is 5.10. The molecule has 0 aromatic carbocycles. The summed E-state index contributed by atoms with van der Waals surface area (Å²) >= 11 is 1.37. The van der Waals surface area contributed by atoms with Gasteiger partial charge >= 0.3 is 0 Å². The molecule has 0 aliphatic heterocycles. The third-order valence-corrected chi connectivity index (χ3v) is 3.37. The maximum atomic E-state index is 4.30. The molecule has 0 radical (unpaired) electrons. The summed E-state index contributed by atoms with van der Waals surface area (Å²) in [5, 5.41) is 4.78. The number of rotatable bonds is 5. The first-order valence-electron chi connectivity index (χ1n) is 5.89. The molecule has 1 fully saturated rings. The molecule has 6 heteroatoms. The molecular formula is C12H13N5S. The van der Waals surface area contributed by atoms with Gasteiger partial charge in [0, 0.05) is 42.9 Å². The minimum Gasteiger partial charge on any atom is -0.310 e. The highest BCUT2D eigenvalue weighted by molar-refractivity contribution is 7.99. The Kier molecular flexibility index (Phi) is 3.47. The van der Waals surface area contributed by atoms with Crippen LogP contribution in [0.3, 0.4) is 0 Å². The van der Waals surface area contributed by atoms with Crippen molar-refractivity contribution in [1.82, 2.24) is 25.3 Å². The Hall–Kier alpha value is -1.53. The van der Waals surface area contributed by atoms with Crippen LogP contribution in [-0.4, -0.2) is 26.0 Å². The van der Waals surface area contributed by atoms with Gasteiger partial charge < -0.3 is 5.32 Å². The summed E-state index contributed by atoms with van der Waals surface area (Å²) in [6.45, 7) is 0.845. The van der Waals surface area contributed by atoms with Crippen LogP contribution in [0.5, 0.6) is 0 Å². The topological polar surface area (TPSA) is 63.6 Å². The molecule has 18 heavy (non-hydrogen) atoms. The number of nitrogens with one attached hydrogen (secondary N) is 1. The summed E-state index contributed by atoms with van der Waals surface area (Å²) in [5.41, 5.74) is 1.11. The Morgan fingerprint density at radius 1 is 1.06 bits per heavy atom. The smallest absolute Gasteiger partial charge is 0.195 e. The van der Waals surface area contributed by atoms with E-state index in [-0.39, 0.29) is 0 Å². The van der Waals surface area contributed by atoms with E-state index in [1.54, 1.807) is 18.5 Å². The van der Waals surface area contributed by atoms with Crippen molar-refractivity contribution in [3.63, 3.8) is 0 Å². The Balaban J connectivity index is 1.59. The van der Waals surface area contributed by atoms with Crippen LogP contribution in [0.1, 0.15) is 18.4 Å². The van der Waals surface area contributed by atoms with Gasteiger partial charge in [-0.2, -0.15) is 0 Å². The zero-order chi connectivity index (χ0) is 12.2. The molecule has 2 aromatic rings. The number of hydrogen-bond donors (Lipinski definition) is 1. The molecule has 2 aromatic heterocycles. The standard InChI is InChI=1S/C12H13N5S/c1-4-13-11(14-5-1)18-12-16-7-9(8-17-12)6-15-10-2-3-10/h1,4-5,7-8,10,15H,2-3,6H2. The van der Waals surface area contributed by atoms with E-state index >= 15 is 0 Å². The summed E-state index contributed by atoms with van der Waals surface area (Å²) in [7, 11) is 0. The first kappa shape index (κ1) is 11.6. The average molecular weight is 259 g/mol. The second-order valence-electron chi connectivity index (χ2n) is 4.16. The van der Waals surface area contributed by atoms with Crippen LogP contribution in [0.25, 0.3) is 0 Å². The lowest BCUT2D eigenvalue weighted by Gasteiger charge is -2.02. The van der Waals surface area contributed by atoms with Crippen LogP contribution in [0.4, 0.5) is 0 Å². The Labute approximate surface area is 109 Å². The molecule has 3 rings (SSSR count). The molecule has 1 aliphatic carbocycles. The van der Waals surface area contributed by atoms with Crippen LogP contribution in [0.2, 0.25) is 0 Å². The number of hydrogen-bond acceptors (Lipinski definition) is 6. The second kappa shape index (κ2) is 5.41. The summed E-state index contributed by atoms with van der Waals surface area (Å²) in [4.78, 5) is 16.9. The minimum absolute atomic E-state index is 0.668. The molecule has 0 saturated heterocycles. The molecule has 92 valence electrons. The SMILES string of the molecule is c1cnc(Sc2ncc(CNC3CC3)cn2)nc1. The van der Waals surface area contributed by atoms with Crippen LogP contribution in [-0.2, 0) is 6.54 Å². The monoisotopic (exact) mass is 259 g/mol. The van der Waals surface area contributed by atoms with E-state index in [9.17, 15) is 0 Å². The summed E-state index contributed by atoms with van der Waals surface area (Å²) in [6.07, 6.45) is 9.72. The van der Waals surface area contributed by atoms with Crippen molar-refractivity contribution in [1.29, 1.82) is 0 Å². The molecule has 1 N–H and O–H groups in total. The fourth-order valence-electron chi connectivity index (χ4n) is 1.46. The normalized spacial score (nSPS) is 14.7. The maximum absolute atomic E-state index is 4.30. The lowest BCUT2D eigenvalue weighted by Crippen LogP contribution is -2.15. The summed E-state index contributed by atoms with van der Waals surface area (Å²) in [6, 6.07) is 2.49. The lowest BCUT2D eigenvalue weighted by molar-refractivity contribution is 0.680. The van der Waals surface area contributed by atoms with Gasteiger partial charge in [0.05, 0.1) is 0 Å². The molecule has 1 aliphatic rings. The maximum Gasteiger partial charge on any atom is 0.195 e. The van der Waals surface area contributed by atoms with Crippen LogP contribution in [0.15, 0.2) is 41.2 Å². The highest BCUT2D eigenvalue weighted by Crippen LogP contribution is 2.20. The highest BCUT2D eigenvalue weighted by Gasteiger charge is 2.19. The van der Waals surface area contributed by atoms with E-state index < -0.39 is 0 Å². The van der Waals surface area contributed by atoms with Gasteiger partial charge in [-0.1, -0.05) is 0 Å². The molecule has 0 bridgehead atoms. The average Bonchev–Trinajstić information content (AvgIpc) is 3.23. The lowest BCUT2D eigenvalue weighted by atomic mass is 10.3. The van der Waals surface area contributed by atoms with Crippen molar-refractivity contribution < 1.29 is 0 Å². The third kappa shape index (κ3) is 3.24. The molecule has 5 nitrogen and oxygen atoms in total. The van der Waals surface area contributed by atoms with Crippen LogP contribution in [0, 0.1) is 0 Å². The van der Waals surface area contributed by atoms with Crippen molar-refractivity contribution in [2.24, 2.45) is 0 Å². The van der Waals surface area contributed by atoms with Crippen molar-refractivity contribution >= 4 is 11.8 Å². The van der Waals surface area contributed by atoms with Gasteiger partial charge in [-0.15, -0.1) is 0 Å². The molecular weight excluding hydrogens is 246 g/mol. The molecule has 0 atom stereocenters. The third-order valence-electron chi connectivity index (χ3n) is 2.58. The zero-order valence-corrected chi connectivity index (χ0v) is 10.6. The first-order chi connectivity index (χ1) is 8.90. The summed E-state index contributed by atoms with van der Waals surface area (Å²) < 4.78 is 0. The predicted molar refractivity (Wildman–Crippen MR) is 68.0 cm³/mol. The largest absolute Gasteiger partial charge is 0.310 e. The van der Waals surface area contributed by atoms with Crippen molar-refractivity contribution in [2.45, 2.75) is 35.7 Å². The van der Waals surface area contributed by atoms with Gasteiger partial charge in [-0.05, 0) is 30.7 Å². The molecule has 0 amide bonds. The fourth-order valence-corrected chi connectivity index (χ4v) is 2.06. The van der Waals surface area contributed by atoms with Crippen LogP contribution < -0.4 is 5.32 Å². The fraction of sp³-hybridized carbons (Fsp3) is 0.333. The molecule has 1 saturated carbocycles. The van der Waals surface area contributed by atoms with E-state index in [0.717, 1.165) is 12.1 Å². The minimum atomic E-state index is 0.668. The first-order valence-corrected chi connectivity index (χ1v) is 6.71. The highest BCUT2D eigenvalue weighted by atomic mass is 32.2. The predicted octanol–water partition coefficient (Wildman–Crippen LogP) is 1.67. The molecule has 0 unspecified atom stereocenters. The van der Waals surface area contributed by atoms with Crippen molar-refractivity contribution in [3.8, 4) is 0 Å². The van der Waals surface area contributed by atoms with E-state index in [1.807, 2.05) is 12.4 Å². The van der Waals surface area contributed by atoms with Gasteiger partial charge in [-0.3, -0.25) is 0 Å². The number of nitrogens with zero attached hydrogens (tertiary/aromatic N) is 4. The van der Waals surface area contributed by atoms with Crippen molar-refractivity contribution in [3.05, 3.63) is 36.4 Å². The van der Waals surface area contributed by atoms with Crippen molar-refractivity contribution in [2.75, 3.05) is 0 Å². The zero-order valence-electron chi connectivity index (χ0n) is 9.78. The Morgan fingerprint density at radius 2 is 1.72 bits per heavy atom. The molecule has 0 spiro atoms. The van der Waals surface area contributed by atoms with Gasteiger partial charge in [-0.25, -0.2) is 19.9 Å². The van der Waals surface area contributed by atoms with E-state index in [0.29, 0.717) is 16.4 Å². The van der Waals surface area contributed by atoms with Crippen LogP contribution >= 0.6 is 11.8 Å². The van der Waals surface area contributed by atoms with Gasteiger partial charge in [0.2, 0.25) is 0 Å². The van der Waals surface area contributed by atoms with E-state index in [2.05, 4.69) is 25.3 Å². The Bertz CT molecular complexity index is 498. The van der Waals surface area contributed by atoms with E-state index in [1.165, 1.54) is 24.6 Å². The van der Waals surface area contributed by atoms with E-state index in [4.69, 9.17) is 0 Å². The molecule has 2 heterocycles.